The molecule has 2 aromatic carbocycles. The molecule has 0 bridgehead atoms. The molecule has 3 rings (SSSR count). The highest BCUT2D eigenvalue weighted by atomic mass is 79.9. The fourth-order valence-electron chi connectivity index (χ4n) is 2.24. The lowest BCUT2D eigenvalue weighted by molar-refractivity contribution is 1.08. The average molecular weight is 369 g/mol. The molecule has 2 N–H and O–H groups in total. The van der Waals surface area contributed by atoms with Crippen LogP contribution in [0.5, 0.6) is 0 Å². The first-order chi connectivity index (χ1) is 11.2. The maximum atomic E-state index is 4.27. The summed E-state index contributed by atoms with van der Waals surface area (Å²) in [7, 11) is 0. The van der Waals surface area contributed by atoms with Crippen molar-refractivity contribution in [3.05, 3.63) is 76.5 Å². The van der Waals surface area contributed by atoms with E-state index in [2.05, 4.69) is 67.7 Å². The Morgan fingerprint density at radius 1 is 0.957 bits per heavy atom. The molecule has 0 saturated carbocycles. The van der Waals surface area contributed by atoms with E-state index >= 15 is 0 Å². The van der Waals surface area contributed by atoms with Crippen molar-refractivity contribution in [2.45, 2.75) is 13.5 Å². The van der Waals surface area contributed by atoms with E-state index in [1.54, 1.807) is 6.33 Å². The number of para-hydroxylation sites is 1. The monoisotopic (exact) mass is 368 g/mol. The van der Waals surface area contributed by atoms with Gasteiger partial charge in [-0.1, -0.05) is 42.0 Å². The van der Waals surface area contributed by atoms with Gasteiger partial charge >= 0.3 is 0 Å². The fraction of sp³-hybridized carbons (Fsp3) is 0.111. The average Bonchev–Trinajstić information content (AvgIpc) is 2.56. The molecular weight excluding hydrogens is 352 g/mol. The summed E-state index contributed by atoms with van der Waals surface area (Å²) < 4.78 is 0.993. The van der Waals surface area contributed by atoms with Gasteiger partial charge in [0.1, 0.15) is 18.0 Å². The lowest BCUT2D eigenvalue weighted by Crippen LogP contribution is -2.03. The molecule has 0 fully saturated rings. The van der Waals surface area contributed by atoms with Crippen LogP contribution in [0.4, 0.5) is 17.3 Å². The van der Waals surface area contributed by atoms with Gasteiger partial charge in [0.25, 0.3) is 0 Å². The third kappa shape index (κ3) is 4.29. The Morgan fingerprint density at radius 3 is 2.61 bits per heavy atom. The van der Waals surface area contributed by atoms with Gasteiger partial charge in [-0.05, 0) is 40.5 Å². The summed E-state index contributed by atoms with van der Waals surface area (Å²) in [5.41, 5.74) is 3.45. The molecule has 23 heavy (non-hydrogen) atoms. The molecule has 1 aromatic heterocycles. The summed E-state index contributed by atoms with van der Waals surface area (Å²) >= 11 is 3.52. The van der Waals surface area contributed by atoms with Crippen molar-refractivity contribution in [3.8, 4) is 0 Å². The van der Waals surface area contributed by atoms with Crippen molar-refractivity contribution >= 4 is 33.3 Å². The van der Waals surface area contributed by atoms with Crippen LogP contribution < -0.4 is 10.6 Å². The van der Waals surface area contributed by atoms with Gasteiger partial charge in [0.15, 0.2) is 0 Å². The van der Waals surface area contributed by atoms with Crippen molar-refractivity contribution in [3.63, 3.8) is 0 Å². The Kier molecular flexibility index (Phi) is 4.88. The van der Waals surface area contributed by atoms with Crippen LogP contribution in [0.2, 0.25) is 0 Å². The van der Waals surface area contributed by atoms with Crippen molar-refractivity contribution in [2.75, 3.05) is 10.6 Å². The highest BCUT2D eigenvalue weighted by molar-refractivity contribution is 9.10. The minimum absolute atomic E-state index is 0.729. The maximum Gasteiger partial charge on any atom is 0.135 e. The van der Waals surface area contributed by atoms with E-state index in [0.29, 0.717) is 0 Å². The zero-order chi connectivity index (χ0) is 16.1. The first-order valence-electron chi connectivity index (χ1n) is 7.34. The standard InChI is InChI=1S/C18H17BrN4/c1-13-5-4-6-14(9-13)11-20-17-10-18(22-12-21-17)23-16-8-3-2-7-15(16)19/h2-10,12H,11H2,1H3,(H2,20,21,22,23). The molecule has 0 radical (unpaired) electrons. The van der Waals surface area contributed by atoms with Gasteiger partial charge in [0, 0.05) is 17.1 Å². The van der Waals surface area contributed by atoms with Crippen LogP contribution in [0, 0.1) is 6.92 Å². The Bertz CT molecular complexity index is 804. The Hall–Kier alpha value is -2.40. The van der Waals surface area contributed by atoms with Crippen LogP contribution in [0.25, 0.3) is 0 Å². The van der Waals surface area contributed by atoms with E-state index in [9.17, 15) is 0 Å². The highest BCUT2D eigenvalue weighted by Gasteiger charge is 2.02. The number of aromatic nitrogens is 2. The third-order valence-corrected chi connectivity index (χ3v) is 4.05. The number of rotatable bonds is 5. The van der Waals surface area contributed by atoms with Gasteiger partial charge < -0.3 is 10.6 Å². The summed E-state index contributed by atoms with van der Waals surface area (Å²) in [6, 6.07) is 18.2. The molecule has 0 spiro atoms. The molecule has 3 aromatic rings. The number of hydrogen-bond donors (Lipinski definition) is 2. The van der Waals surface area contributed by atoms with E-state index in [-0.39, 0.29) is 0 Å². The van der Waals surface area contributed by atoms with Crippen LogP contribution >= 0.6 is 15.9 Å². The highest BCUT2D eigenvalue weighted by Crippen LogP contribution is 2.24. The SMILES string of the molecule is Cc1cccc(CNc2cc(Nc3ccccc3Br)ncn2)c1. The molecule has 0 amide bonds. The largest absolute Gasteiger partial charge is 0.366 e. The number of hydrogen-bond acceptors (Lipinski definition) is 4. The number of aryl methyl sites for hydroxylation is 1. The van der Waals surface area contributed by atoms with Crippen LogP contribution in [0.1, 0.15) is 11.1 Å². The number of benzene rings is 2. The summed E-state index contributed by atoms with van der Waals surface area (Å²) in [5.74, 6) is 1.54. The predicted octanol–water partition coefficient (Wildman–Crippen LogP) is 4.90. The summed E-state index contributed by atoms with van der Waals surface area (Å²) in [5, 5.41) is 6.61. The summed E-state index contributed by atoms with van der Waals surface area (Å²) in [4.78, 5) is 8.53. The lowest BCUT2D eigenvalue weighted by Gasteiger charge is -2.10. The zero-order valence-corrected chi connectivity index (χ0v) is 14.3. The van der Waals surface area contributed by atoms with Crippen LogP contribution in [-0.4, -0.2) is 9.97 Å². The zero-order valence-electron chi connectivity index (χ0n) is 12.8. The van der Waals surface area contributed by atoms with Gasteiger partial charge in [-0.15, -0.1) is 0 Å². The Labute approximate surface area is 144 Å². The van der Waals surface area contributed by atoms with Gasteiger partial charge in [0.05, 0.1) is 5.69 Å². The van der Waals surface area contributed by atoms with Gasteiger partial charge in [-0.3, -0.25) is 0 Å². The molecule has 0 atom stereocenters. The number of halogens is 1. The van der Waals surface area contributed by atoms with Gasteiger partial charge in [-0.25, -0.2) is 9.97 Å². The molecule has 4 nitrogen and oxygen atoms in total. The molecule has 0 aliphatic heterocycles. The summed E-state index contributed by atoms with van der Waals surface area (Å²) in [6.07, 6.45) is 1.55. The molecule has 116 valence electrons. The molecule has 1 heterocycles. The molecule has 0 saturated heterocycles. The maximum absolute atomic E-state index is 4.27. The van der Waals surface area contributed by atoms with Crippen molar-refractivity contribution in [1.82, 2.24) is 9.97 Å². The van der Waals surface area contributed by atoms with Gasteiger partial charge in [-0.2, -0.15) is 0 Å². The Balaban J connectivity index is 1.69. The van der Waals surface area contributed by atoms with Gasteiger partial charge in [0.2, 0.25) is 0 Å². The number of nitrogens with one attached hydrogen (secondary N) is 2. The predicted molar refractivity (Wildman–Crippen MR) is 98.0 cm³/mol. The van der Waals surface area contributed by atoms with Crippen LogP contribution in [0.15, 0.2) is 65.4 Å². The smallest absolute Gasteiger partial charge is 0.135 e. The normalized spacial score (nSPS) is 10.3. The summed E-state index contributed by atoms with van der Waals surface area (Å²) in [6.45, 7) is 2.82. The van der Waals surface area contributed by atoms with Crippen LogP contribution in [0.3, 0.4) is 0 Å². The van der Waals surface area contributed by atoms with Crippen LogP contribution in [-0.2, 0) is 6.54 Å². The topological polar surface area (TPSA) is 49.8 Å². The Morgan fingerprint density at radius 2 is 1.78 bits per heavy atom. The van der Waals surface area contributed by atoms with E-state index in [1.807, 2.05) is 30.3 Å². The second kappa shape index (κ2) is 7.24. The molecular formula is C18H17BrN4. The molecule has 5 heteroatoms. The third-order valence-electron chi connectivity index (χ3n) is 3.36. The second-order valence-corrected chi connectivity index (χ2v) is 6.09. The minimum Gasteiger partial charge on any atom is -0.366 e. The molecule has 0 aliphatic rings. The quantitative estimate of drug-likeness (QED) is 0.672. The van der Waals surface area contributed by atoms with E-state index in [0.717, 1.165) is 28.3 Å². The first kappa shape index (κ1) is 15.5. The first-order valence-corrected chi connectivity index (χ1v) is 8.13. The molecule has 0 unspecified atom stereocenters. The van der Waals surface area contributed by atoms with Crippen molar-refractivity contribution < 1.29 is 0 Å². The second-order valence-electron chi connectivity index (χ2n) is 5.24. The lowest BCUT2D eigenvalue weighted by atomic mass is 10.1. The number of anilines is 3. The van der Waals surface area contributed by atoms with E-state index in [4.69, 9.17) is 0 Å². The number of nitrogens with zero attached hydrogens (tertiary/aromatic N) is 2. The molecule has 0 aliphatic carbocycles. The minimum atomic E-state index is 0.729. The van der Waals surface area contributed by atoms with Crippen molar-refractivity contribution in [1.29, 1.82) is 0 Å². The fourth-order valence-corrected chi connectivity index (χ4v) is 2.62. The van der Waals surface area contributed by atoms with E-state index in [1.165, 1.54) is 11.1 Å². The van der Waals surface area contributed by atoms with Crippen molar-refractivity contribution in [2.24, 2.45) is 0 Å². The van der Waals surface area contributed by atoms with E-state index < -0.39 is 0 Å².